The average molecular weight is 229 g/mol. The number of aromatic nitrogens is 2. The van der Waals surface area contributed by atoms with Crippen LogP contribution in [0.1, 0.15) is 11.3 Å². The van der Waals surface area contributed by atoms with Crippen molar-refractivity contribution in [3.8, 4) is 17.1 Å². The summed E-state index contributed by atoms with van der Waals surface area (Å²) in [6, 6.07) is 7.64. The summed E-state index contributed by atoms with van der Waals surface area (Å²) >= 11 is 0. The number of nitrogens with two attached hydrogens (primary N) is 1. The highest BCUT2D eigenvalue weighted by Crippen LogP contribution is 2.28. The summed E-state index contributed by atoms with van der Waals surface area (Å²) in [6.45, 7) is 3.90. The fraction of sp³-hybridized carbons (Fsp3) is 0.231. The van der Waals surface area contributed by atoms with Crippen LogP contribution < -0.4 is 10.5 Å². The average Bonchev–Trinajstić information content (AvgIpc) is 2.27. The first-order valence-electron chi connectivity index (χ1n) is 5.36. The minimum absolute atomic E-state index is 0.468. The number of nitrogen functional groups attached to an aromatic ring is 1. The summed E-state index contributed by atoms with van der Waals surface area (Å²) in [4.78, 5) is 8.60. The van der Waals surface area contributed by atoms with E-state index in [1.165, 1.54) is 0 Å². The molecular formula is C13H15N3O. The van der Waals surface area contributed by atoms with Crippen molar-refractivity contribution in [2.45, 2.75) is 13.8 Å². The second kappa shape index (κ2) is 4.41. The Morgan fingerprint density at radius 2 is 1.88 bits per heavy atom. The topological polar surface area (TPSA) is 61.0 Å². The Kier molecular flexibility index (Phi) is 2.95. The van der Waals surface area contributed by atoms with E-state index in [4.69, 9.17) is 10.5 Å². The van der Waals surface area contributed by atoms with Crippen LogP contribution >= 0.6 is 0 Å². The van der Waals surface area contributed by atoms with Gasteiger partial charge in [0.2, 0.25) is 0 Å². The first-order chi connectivity index (χ1) is 8.10. The Morgan fingerprint density at radius 1 is 1.12 bits per heavy atom. The van der Waals surface area contributed by atoms with E-state index in [-0.39, 0.29) is 0 Å². The molecule has 17 heavy (non-hydrogen) atoms. The maximum Gasteiger partial charge on any atom is 0.165 e. The van der Waals surface area contributed by atoms with Crippen molar-refractivity contribution in [3.63, 3.8) is 0 Å². The van der Waals surface area contributed by atoms with E-state index in [1.807, 2.05) is 32.0 Å². The predicted octanol–water partition coefficient (Wildman–Crippen LogP) is 2.35. The lowest BCUT2D eigenvalue weighted by Gasteiger charge is -2.09. The quantitative estimate of drug-likeness (QED) is 0.858. The van der Waals surface area contributed by atoms with Crippen LogP contribution in [0.4, 0.5) is 5.82 Å². The molecule has 0 aliphatic rings. The van der Waals surface area contributed by atoms with E-state index >= 15 is 0 Å². The van der Waals surface area contributed by atoms with Crippen LogP contribution in [0.3, 0.4) is 0 Å². The van der Waals surface area contributed by atoms with Crippen LogP contribution in [0.15, 0.2) is 24.3 Å². The standard InChI is InChI=1S/C13H15N3O/c1-8-4-5-10(11(6-8)17-3)13-15-9(2)7-12(14)16-13/h4-7H,1-3H3,(H2,14,15,16). The van der Waals surface area contributed by atoms with Gasteiger partial charge in [0.25, 0.3) is 0 Å². The van der Waals surface area contributed by atoms with E-state index < -0.39 is 0 Å². The van der Waals surface area contributed by atoms with Crippen molar-refractivity contribution < 1.29 is 4.74 Å². The molecule has 0 bridgehead atoms. The van der Waals surface area contributed by atoms with Crippen LogP contribution in [-0.2, 0) is 0 Å². The van der Waals surface area contributed by atoms with Crippen molar-refractivity contribution in [2.75, 3.05) is 12.8 Å². The predicted molar refractivity (Wildman–Crippen MR) is 67.9 cm³/mol. The minimum atomic E-state index is 0.468. The number of rotatable bonds is 2. The van der Waals surface area contributed by atoms with Gasteiger partial charge in [-0.15, -0.1) is 0 Å². The number of methoxy groups -OCH3 is 1. The van der Waals surface area contributed by atoms with Crippen molar-refractivity contribution in [3.05, 3.63) is 35.5 Å². The smallest absolute Gasteiger partial charge is 0.165 e. The molecule has 0 amide bonds. The fourth-order valence-electron chi connectivity index (χ4n) is 1.70. The summed E-state index contributed by atoms with van der Waals surface area (Å²) in [5.74, 6) is 1.82. The van der Waals surface area contributed by atoms with Crippen LogP contribution in [0, 0.1) is 13.8 Å². The molecule has 4 nitrogen and oxygen atoms in total. The molecule has 0 atom stereocenters. The van der Waals surface area contributed by atoms with Crippen LogP contribution in [0.5, 0.6) is 5.75 Å². The van der Waals surface area contributed by atoms with Crippen molar-refractivity contribution >= 4 is 5.82 Å². The molecule has 0 spiro atoms. The second-order valence-corrected chi connectivity index (χ2v) is 3.96. The first kappa shape index (κ1) is 11.4. The molecule has 0 saturated heterocycles. The molecule has 1 heterocycles. The van der Waals surface area contributed by atoms with E-state index in [1.54, 1.807) is 13.2 Å². The minimum Gasteiger partial charge on any atom is -0.496 e. The second-order valence-electron chi connectivity index (χ2n) is 3.96. The lowest BCUT2D eigenvalue weighted by atomic mass is 10.1. The lowest BCUT2D eigenvalue weighted by Crippen LogP contribution is -1.99. The molecule has 0 saturated carbocycles. The summed E-state index contributed by atoms with van der Waals surface area (Å²) in [5.41, 5.74) is 8.55. The molecule has 2 rings (SSSR count). The van der Waals surface area contributed by atoms with Crippen LogP contribution in [-0.4, -0.2) is 17.1 Å². The molecule has 0 unspecified atom stereocenters. The Bertz CT molecular complexity index is 532. The number of nitrogens with zero attached hydrogens (tertiary/aromatic N) is 2. The number of hydrogen-bond donors (Lipinski definition) is 1. The van der Waals surface area contributed by atoms with E-state index in [0.717, 1.165) is 22.6 Å². The third-order valence-corrected chi connectivity index (χ3v) is 2.47. The highest BCUT2D eigenvalue weighted by atomic mass is 16.5. The summed E-state index contributed by atoms with van der Waals surface area (Å²) in [6.07, 6.45) is 0. The number of ether oxygens (including phenoxy) is 1. The molecule has 1 aromatic heterocycles. The molecular weight excluding hydrogens is 214 g/mol. The monoisotopic (exact) mass is 229 g/mol. The summed E-state index contributed by atoms with van der Waals surface area (Å²) < 4.78 is 5.34. The Hall–Kier alpha value is -2.10. The third kappa shape index (κ3) is 2.36. The zero-order valence-electron chi connectivity index (χ0n) is 10.2. The van der Waals surface area contributed by atoms with Gasteiger partial charge in [-0.05, 0) is 31.5 Å². The zero-order valence-corrected chi connectivity index (χ0v) is 10.2. The molecule has 4 heteroatoms. The van der Waals surface area contributed by atoms with Gasteiger partial charge >= 0.3 is 0 Å². The number of aryl methyl sites for hydroxylation is 2. The molecule has 88 valence electrons. The Balaban J connectivity index is 2.59. The van der Waals surface area contributed by atoms with Gasteiger partial charge in [0.1, 0.15) is 11.6 Å². The van der Waals surface area contributed by atoms with Gasteiger partial charge in [-0.25, -0.2) is 9.97 Å². The maximum absolute atomic E-state index is 5.73. The molecule has 0 aliphatic heterocycles. The van der Waals surface area contributed by atoms with Crippen LogP contribution in [0.25, 0.3) is 11.4 Å². The van der Waals surface area contributed by atoms with E-state index in [0.29, 0.717) is 11.6 Å². The Labute approximate surface area is 100 Å². The van der Waals surface area contributed by atoms with Gasteiger partial charge in [0, 0.05) is 11.8 Å². The first-order valence-corrected chi connectivity index (χ1v) is 5.36. The molecule has 2 aromatic rings. The SMILES string of the molecule is COc1cc(C)ccc1-c1nc(C)cc(N)n1. The maximum atomic E-state index is 5.73. The molecule has 0 aliphatic carbocycles. The van der Waals surface area contributed by atoms with Gasteiger partial charge in [-0.2, -0.15) is 0 Å². The molecule has 2 N–H and O–H groups in total. The summed E-state index contributed by atoms with van der Waals surface area (Å²) in [5, 5.41) is 0. The number of hydrogen-bond acceptors (Lipinski definition) is 4. The van der Waals surface area contributed by atoms with Gasteiger partial charge in [-0.3, -0.25) is 0 Å². The van der Waals surface area contributed by atoms with Crippen molar-refractivity contribution in [2.24, 2.45) is 0 Å². The lowest BCUT2D eigenvalue weighted by molar-refractivity contribution is 0.416. The number of anilines is 1. The van der Waals surface area contributed by atoms with Crippen molar-refractivity contribution in [1.82, 2.24) is 9.97 Å². The van der Waals surface area contributed by atoms with Gasteiger partial charge in [0.05, 0.1) is 12.7 Å². The molecule has 0 radical (unpaired) electrons. The zero-order chi connectivity index (χ0) is 12.4. The summed E-state index contributed by atoms with van der Waals surface area (Å²) in [7, 11) is 1.64. The highest BCUT2D eigenvalue weighted by molar-refractivity contribution is 5.65. The third-order valence-electron chi connectivity index (χ3n) is 2.47. The Morgan fingerprint density at radius 3 is 2.53 bits per heavy atom. The van der Waals surface area contributed by atoms with E-state index in [9.17, 15) is 0 Å². The van der Waals surface area contributed by atoms with Crippen molar-refractivity contribution in [1.29, 1.82) is 0 Å². The highest BCUT2D eigenvalue weighted by Gasteiger charge is 2.09. The largest absolute Gasteiger partial charge is 0.496 e. The van der Waals surface area contributed by atoms with E-state index in [2.05, 4.69) is 9.97 Å². The van der Waals surface area contributed by atoms with Gasteiger partial charge < -0.3 is 10.5 Å². The molecule has 1 aromatic carbocycles. The normalized spacial score (nSPS) is 10.3. The fourth-order valence-corrected chi connectivity index (χ4v) is 1.70. The number of benzene rings is 1. The van der Waals surface area contributed by atoms with Gasteiger partial charge in [-0.1, -0.05) is 6.07 Å². The van der Waals surface area contributed by atoms with Crippen LogP contribution in [0.2, 0.25) is 0 Å². The van der Waals surface area contributed by atoms with Gasteiger partial charge in [0.15, 0.2) is 5.82 Å². The molecule has 0 fully saturated rings.